The molecule has 3 nitrogen and oxygen atoms in total. The fraction of sp³-hybridized carbons (Fsp3) is 0.0417. The highest BCUT2D eigenvalue weighted by Crippen LogP contribution is 2.36. The summed E-state index contributed by atoms with van der Waals surface area (Å²) in [6.07, 6.45) is 8.59. The van der Waals surface area contributed by atoms with Gasteiger partial charge in [0.2, 0.25) is 0 Å². The normalized spacial score (nSPS) is 11.2. The lowest BCUT2D eigenvalue weighted by atomic mass is 10.0. The van der Waals surface area contributed by atoms with Gasteiger partial charge < -0.3 is 14.5 Å². The maximum Gasteiger partial charge on any atom is 0.126 e. The summed E-state index contributed by atoms with van der Waals surface area (Å²) in [5.74, 6) is 0.837. The molecule has 0 aliphatic rings. The van der Waals surface area contributed by atoms with E-state index in [9.17, 15) is 0 Å². The summed E-state index contributed by atoms with van der Waals surface area (Å²) in [5.41, 5.74) is 12.3. The van der Waals surface area contributed by atoms with Crippen LogP contribution in [0.1, 0.15) is 27.8 Å². The van der Waals surface area contributed by atoms with E-state index in [1.807, 2.05) is 24.3 Å². The van der Waals surface area contributed by atoms with Gasteiger partial charge in [0, 0.05) is 39.7 Å². The fourth-order valence-corrected chi connectivity index (χ4v) is 6.26. The number of hydrogen-bond acceptors (Lipinski definition) is 3. The van der Waals surface area contributed by atoms with Crippen LogP contribution in [0, 0.1) is 6.92 Å². The highest BCUT2D eigenvalue weighted by atomic mass is 16.5. The standard InChI is InChI=1S/C48H40N2O/c1-37-35-41(30-24-39-27-33-47(34-28-39)50(44-19-11-5-12-20-44)45-21-13-6-14-22-45)48(51-2)36-40(37)29-23-38-25-31-46(32-26-38)49(42-15-7-3-8-16-42)43-17-9-4-10-18-43/h3-36H,1-2H3/b29-23+,30-24+. The van der Waals surface area contributed by atoms with Crippen LogP contribution >= 0.6 is 0 Å². The lowest BCUT2D eigenvalue weighted by Crippen LogP contribution is -2.09. The van der Waals surface area contributed by atoms with Crippen molar-refractivity contribution in [3.8, 4) is 5.75 Å². The summed E-state index contributed by atoms with van der Waals surface area (Å²) in [7, 11) is 1.73. The Balaban J connectivity index is 1.08. The molecule has 0 saturated heterocycles. The molecule has 0 radical (unpaired) electrons. The molecule has 0 atom stereocenters. The van der Waals surface area contributed by atoms with Crippen LogP contribution in [-0.4, -0.2) is 7.11 Å². The molecule has 248 valence electrons. The van der Waals surface area contributed by atoms with E-state index in [2.05, 4.69) is 199 Å². The molecular weight excluding hydrogens is 621 g/mol. The van der Waals surface area contributed by atoms with E-state index in [0.717, 1.165) is 62.1 Å². The zero-order valence-electron chi connectivity index (χ0n) is 28.9. The van der Waals surface area contributed by atoms with E-state index in [1.165, 1.54) is 5.56 Å². The molecule has 0 aromatic heterocycles. The molecule has 0 unspecified atom stereocenters. The van der Waals surface area contributed by atoms with Gasteiger partial charge in [0.05, 0.1) is 7.11 Å². The third kappa shape index (κ3) is 7.85. The van der Waals surface area contributed by atoms with Gasteiger partial charge in [-0.3, -0.25) is 0 Å². The molecule has 0 amide bonds. The largest absolute Gasteiger partial charge is 0.496 e. The van der Waals surface area contributed by atoms with Crippen molar-refractivity contribution in [3.63, 3.8) is 0 Å². The Morgan fingerprint density at radius 2 is 0.706 bits per heavy atom. The number of ether oxygens (including phenoxy) is 1. The van der Waals surface area contributed by atoms with Crippen molar-refractivity contribution in [1.82, 2.24) is 0 Å². The second-order valence-corrected chi connectivity index (χ2v) is 12.3. The van der Waals surface area contributed by atoms with E-state index < -0.39 is 0 Å². The average Bonchev–Trinajstić information content (AvgIpc) is 3.19. The van der Waals surface area contributed by atoms with Crippen LogP contribution in [0.25, 0.3) is 24.3 Å². The number of benzene rings is 7. The summed E-state index contributed by atoms with van der Waals surface area (Å²) in [6.45, 7) is 2.15. The van der Waals surface area contributed by atoms with Crippen LogP contribution < -0.4 is 14.5 Å². The van der Waals surface area contributed by atoms with Crippen LogP contribution in [0.4, 0.5) is 34.1 Å². The van der Waals surface area contributed by atoms with Gasteiger partial charge in [-0.2, -0.15) is 0 Å². The van der Waals surface area contributed by atoms with E-state index in [1.54, 1.807) is 7.11 Å². The van der Waals surface area contributed by atoms with E-state index in [-0.39, 0.29) is 0 Å². The van der Waals surface area contributed by atoms with E-state index in [4.69, 9.17) is 4.74 Å². The molecular formula is C48H40N2O. The average molecular weight is 661 g/mol. The maximum atomic E-state index is 5.86. The highest BCUT2D eigenvalue weighted by molar-refractivity contribution is 5.81. The van der Waals surface area contributed by atoms with Crippen molar-refractivity contribution in [2.24, 2.45) is 0 Å². The van der Waals surface area contributed by atoms with Gasteiger partial charge >= 0.3 is 0 Å². The van der Waals surface area contributed by atoms with Gasteiger partial charge in [-0.1, -0.05) is 121 Å². The Kier molecular flexibility index (Phi) is 10.2. The van der Waals surface area contributed by atoms with Gasteiger partial charge in [0.25, 0.3) is 0 Å². The number of rotatable bonds is 11. The number of nitrogens with zero attached hydrogens (tertiary/aromatic N) is 2. The number of hydrogen-bond donors (Lipinski definition) is 0. The predicted molar refractivity (Wildman–Crippen MR) is 218 cm³/mol. The Morgan fingerprint density at radius 1 is 0.373 bits per heavy atom. The first-order valence-electron chi connectivity index (χ1n) is 17.2. The molecule has 0 saturated carbocycles. The van der Waals surface area contributed by atoms with Crippen molar-refractivity contribution in [2.75, 3.05) is 16.9 Å². The third-order valence-electron chi connectivity index (χ3n) is 8.89. The molecule has 3 heteroatoms. The number of anilines is 6. The SMILES string of the molecule is COc1cc(/C=C/c2ccc(N(c3ccccc3)c3ccccc3)cc2)c(C)cc1/C=C/c1ccc(N(c2ccccc2)c2ccccc2)cc1. The Labute approximate surface area is 301 Å². The second kappa shape index (κ2) is 15.8. The van der Waals surface area contributed by atoms with Crippen LogP contribution in [-0.2, 0) is 0 Å². The minimum atomic E-state index is 0.837. The van der Waals surface area contributed by atoms with E-state index in [0.29, 0.717) is 0 Å². The van der Waals surface area contributed by atoms with Crippen LogP contribution in [0.3, 0.4) is 0 Å². The first-order valence-corrected chi connectivity index (χ1v) is 17.2. The summed E-state index contributed by atoms with van der Waals surface area (Å²) in [6, 6.07) is 63.5. The zero-order valence-corrected chi connectivity index (χ0v) is 28.9. The van der Waals surface area contributed by atoms with Crippen LogP contribution in [0.5, 0.6) is 5.75 Å². The Bertz CT molecular complexity index is 2130. The summed E-state index contributed by atoms with van der Waals surface area (Å²) < 4.78 is 5.86. The van der Waals surface area contributed by atoms with Gasteiger partial charge in [-0.15, -0.1) is 0 Å². The van der Waals surface area contributed by atoms with Gasteiger partial charge in [-0.25, -0.2) is 0 Å². The van der Waals surface area contributed by atoms with E-state index >= 15 is 0 Å². The molecule has 51 heavy (non-hydrogen) atoms. The maximum absolute atomic E-state index is 5.86. The quantitative estimate of drug-likeness (QED) is 0.128. The second-order valence-electron chi connectivity index (χ2n) is 12.3. The molecule has 0 heterocycles. The number of para-hydroxylation sites is 4. The fourth-order valence-electron chi connectivity index (χ4n) is 6.26. The summed E-state index contributed by atoms with van der Waals surface area (Å²) in [4.78, 5) is 4.54. The molecule has 0 spiro atoms. The first kappa shape index (κ1) is 32.9. The smallest absolute Gasteiger partial charge is 0.126 e. The molecule has 7 aromatic rings. The summed E-state index contributed by atoms with van der Waals surface area (Å²) >= 11 is 0. The van der Waals surface area contributed by atoms with Crippen molar-refractivity contribution in [2.45, 2.75) is 6.92 Å². The van der Waals surface area contributed by atoms with Crippen molar-refractivity contribution >= 4 is 58.4 Å². The predicted octanol–water partition coefficient (Wildman–Crippen LogP) is 13.3. The van der Waals surface area contributed by atoms with Crippen molar-refractivity contribution < 1.29 is 4.74 Å². The monoisotopic (exact) mass is 660 g/mol. The molecule has 0 N–H and O–H groups in total. The van der Waals surface area contributed by atoms with Crippen LogP contribution in [0.2, 0.25) is 0 Å². The molecule has 0 aliphatic heterocycles. The van der Waals surface area contributed by atoms with Crippen molar-refractivity contribution in [1.29, 1.82) is 0 Å². The lowest BCUT2D eigenvalue weighted by molar-refractivity contribution is 0.413. The molecule has 0 bridgehead atoms. The number of methoxy groups -OCH3 is 1. The third-order valence-corrected chi connectivity index (χ3v) is 8.89. The van der Waals surface area contributed by atoms with Gasteiger partial charge in [-0.05, 0) is 114 Å². The van der Waals surface area contributed by atoms with Crippen molar-refractivity contribution in [3.05, 3.63) is 210 Å². The molecule has 7 rings (SSSR count). The number of aryl methyl sites for hydroxylation is 1. The minimum Gasteiger partial charge on any atom is -0.496 e. The Morgan fingerprint density at radius 3 is 1.06 bits per heavy atom. The lowest BCUT2D eigenvalue weighted by Gasteiger charge is -2.25. The first-order chi connectivity index (χ1) is 25.2. The minimum absolute atomic E-state index is 0.837. The highest BCUT2D eigenvalue weighted by Gasteiger charge is 2.13. The topological polar surface area (TPSA) is 15.7 Å². The summed E-state index contributed by atoms with van der Waals surface area (Å²) in [5, 5.41) is 0. The zero-order chi connectivity index (χ0) is 34.8. The molecule has 7 aromatic carbocycles. The molecule has 0 fully saturated rings. The van der Waals surface area contributed by atoms with Gasteiger partial charge in [0.1, 0.15) is 5.75 Å². The molecule has 0 aliphatic carbocycles. The van der Waals surface area contributed by atoms with Crippen LogP contribution in [0.15, 0.2) is 182 Å². The Hall–Kier alpha value is -6.58. The van der Waals surface area contributed by atoms with Gasteiger partial charge in [0.15, 0.2) is 0 Å².